The van der Waals surface area contributed by atoms with Crippen molar-refractivity contribution >= 4 is 50.7 Å². The summed E-state index contributed by atoms with van der Waals surface area (Å²) in [6.45, 7) is 10.3. The highest BCUT2D eigenvalue weighted by atomic mass is 35.5. The fourth-order valence-corrected chi connectivity index (χ4v) is 6.18. The Morgan fingerprint density at radius 2 is 1.60 bits per heavy atom. The van der Waals surface area contributed by atoms with E-state index in [0.717, 1.165) is 9.87 Å². The molecule has 0 unspecified atom stereocenters. The Balaban J connectivity index is 2.08. The topological polar surface area (TPSA) is 86.8 Å². The second-order valence-corrected chi connectivity index (χ2v) is 13.5. The van der Waals surface area contributed by atoms with E-state index in [-0.39, 0.29) is 17.3 Å². The number of anilines is 1. The summed E-state index contributed by atoms with van der Waals surface area (Å²) in [4.78, 5) is 28.6. The molecule has 3 rings (SSSR count). The van der Waals surface area contributed by atoms with Crippen LogP contribution in [-0.2, 0) is 26.2 Å². The van der Waals surface area contributed by atoms with E-state index in [4.69, 9.17) is 23.2 Å². The number of halogens is 2. The molecule has 0 spiro atoms. The first-order chi connectivity index (χ1) is 18.6. The number of hydrogen-bond donors (Lipinski definition) is 1. The molecule has 0 aliphatic heterocycles. The minimum Gasteiger partial charge on any atom is -0.350 e. The summed E-state index contributed by atoms with van der Waals surface area (Å²) in [5, 5.41) is 3.66. The second-order valence-electron chi connectivity index (χ2n) is 10.8. The lowest BCUT2D eigenvalue weighted by atomic mass is 10.1. The SMILES string of the molecule is Cc1ccc(N(CC(=O)N(Cc2ccc(Cl)cc2Cl)[C@H](C)C(=O)NC(C)(C)C)S(=O)(=O)c2ccccc2)c(C)c1. The first kappa shape index (κ1) is 31.5. The Bertz CT molecular complexity index is 1490. The van der Waals surface area contributed by atoms with Gasteiger partial charge in [0, 0.05) is 22.1 Å². The van der Waals surface area contributed by atoms with Crippen LogP contribution in [0.2, 0.25) is 10.0 Å². The lowest BCUT2D eigenvalue weighted by molar-refractivity contribution is -0.140. The molecule has 0 aromatic heterocycles. The zero-order valence-electron chi connectivity index (χ0n) is 23.5. The van der Waals surface area contributed by atoms with Gasteiger partial charge in [-0.2, -0.15) is 0 Å². The van der Waals surface area contributed by atoms with Crippen LogP contribution in [0.25, 0.3) is 0 Å². The van der Waals surface area contributed by atoms with Crippen molar-refractivity contribution in [3.63, 3.8) is 0 Å². The van der Waals surface area contributed by atoms with E-state index in [0.29, 0.717) is 26.9 Å². The molecular weight excluding hydrogens is 569 g/mol. The van der Waals surface area contributed by atoms with E-state index in [1.165, 1.54) is 17.0 Å². The molecule has 0 heterocycles. The Morgan fingerprint density at radius 3 is 2.17 bits per heavy atom. The number of carbonyl (C=O) groups is 2. The third-order valence-corrected chi connectivity index (χ3v) is 8.61. The van der Waals surface area contributed by atoms with Gasteiger partial charge in [-0.1, -0.05) is 65.2 Å². The summed E-state index contributed by atoms with van der Waals surface area (Å²) in [6.07, 6.45) is 0. The molecule has 0 radical (unpaired) electrons. The zero-order chi connectivity index (χ0) is 29.8. The number of benzene rings is 3. The van der Waals surface area contributed by atoms with Crippen molar-refractivity contribution in [2.75, 3.05) is 10.8 Å². The highest BCUT2D eigenvalue weighted by Crippen LogP contribution is 2.29. The van der Waals surface area contributed by atoms with Gasteiger partial charge in [0.2, 0.25) is 11.8 Å². The van der Waals surface area contributed by atoms with Crippen molar-refractivity contribution in [2.24, 2.45) is 0 Å². The lowest BCUT2D eigenvalue weighted by Gasteiger charge is -2.34. The fraction of sp³-hybridized carbons (Fsp3) is 0.333. The van der Waals surface area contributed by atoms with Gasteiger partial charge in [0.05, 0.1) is 10.6 Å². The molecular formula is C30H35Cl2N3O4S. The van der Waals surface area contributed by atoms with Gasteiger partial charge in [-0.05, 0) is 83.0 Å². The highest BCUT2D eigenvalue weighted by Gasteiger charge is 2.34. The first-order valence-corrected chi connectivity index (χ1v) is 15.0. The van der Waals surface area contributed by atoms with Gasteiger partial charge >= 0.3 is 0 Å². The van der Waals surface area contributed by atoms with Gasteiger partial charge in [-0.15, -0.1) is 0 Å². The fourth-order valence-electron chi connectivity index (χ4n) is 4.21. The monoisotopic (exact) mass is 603 g/mol. The Morgan fingerprint density at radius 1 is 0.950 bits per heavy atom. The van der Waals surface area contributed by atoms with Crippen molar-refractivity contribution in [1.82, 2.24) is 10.2 Å². The number of nitrogens with zero attached hydrogens (tertiary/aromatic N) is 2. The molecule has 0 bridgehead atoms. The van der Waals surface area contributed by atoms with Crippen LogP contribution >= 0.6 is 23.2 Å². The Labute approximate surface area is 247 Å². The molecule has 1 atom stereocenters. The van der Waals surface area contributed by atoms with Crippen molar-refractivity contribution < 1.29 is 18.0 Å². The molecule has 40 heavy (non-hydrogen) atoms. The third kappa shape index (κ3) is 7.77. The molecule has 3 aromatic carbocycles. The van der Waals surface area contributed by atoms with Gasteiger partial charge in [-0.25, -0.2) is 8.42 Å². The van der Waals surface area contributed by atoms with Gasteiger partial charge in [0.1, 0.15) is 12.6 Å². The van der Waals surface area contributed by atoms with E-state index >= 15 is 0 Å². The predicted octanol–water partition coefficient (Wildman–Crippen LogP) is 6.14. The summed E-state index contributed by atoms with van der Waals surface area (Å²) in [7, 11) is -4.14. The molecule has 0 saturated carbocycles. The van der Waals surface area contributed by atoms with E-state index < -0.39 is 34.1 Å². The van der Waals surface area contributed by atoms with E-state index in [1.807, 2.05) is 33.8 Å². The zero-order valence-corrected chi connectivity index (χ0v) is 25.9. The van der Waals surface area contributed by atoms with E-state index in [1.54, 1.807) is 62.4 Å². The number of rotatable bonds is 9. The highest BCUT2D eigenvalue weighted by molar-refractivity contribution is 7.92. The predicted molar refractivity (Wildman–Crippen MR) is 161 cm³/mol. The summed E-state index contributed by atoms with van der Waals surface area (Å²) in [5.41, 5.74) is 2.05. The number of nitrogens with one attached hydrogen (secondary N) is 1. The minimum absolute atomic E-state index is 0.0281. The number of sulfonamides is 1. The molecule has 0 aliphatic rings. The van der Waals surface area contributed by atoms with Crippen LogP contribution in [0.4, 0.5) is 5.69 Å². The van der Waals surface area contributed by atoms with Crippen LogP contribution in [0.15, 0.2) is 71.6 Å². The van der Waals surface area contributed by atoms with Crippen molar-refractivity contribution in [3.05, 3.63) is 93.5 Å². The maximum Gasteiger partial charge on any atom is 0.264 e. The molecule has 0 aliphatic carbocycles. The molecule has 3 aromatic rings. The average Bonchev–Trinajstić information content (AvgIpc) is 2.86. The largest absolute Gasteiger partial charge is 0.350 e. The van der Waals surface area contributed by atoms with Crippen LogP contribution < -0.4 is 9.62 Å². The van der Waals surface area contributed by atoms with Crippen molar-refractivity contribution in [3.8, 4) is 0 Å². The molecule has 0 saturated heterocycles. The quantitative estimate of drug-likeness (QED) is 0.318. The van der Waals surface area contributed by atoms with E-state index in [2.05, 4.69) is 5.32 Å². The summed E-state index contributed by atoms with van der Waals surface area (Å²) < 4.78 is 28.9. The van der Waals surface area contributed by atoms with Crippen LogP contribution in [0.5, 0.6) is 0 Å². The maximum absolute atomic E-state index is 14.0. The van der Waals surface area contributed by atoms with Gasteiger partial charge in [0.25, 0.3) is 10.0 Å². The van der Waals surface area contributed by atoms with Crippen LogP contribution in [0.1, 0.15) is 44.4 Å². The van der Waals surface area contributed by atoms with Crippen LogP contribution in [0, 0.1) is 13.8 Å². The molecule has 10 heteroatoms. The summed E-state index contributed by atoms with van der Waals surface area (Å²) >= 11 is 12.5. The van der Waals surface area contributed by atoms with E-state index in [9.17, 15) is 18.0 Å². The molecule has 7 nitrogen and oxygen atoms in total. The Hall–Kier alpha value is -3.07. The van der Waals surface area contributed by atoms with Gasteiger partial charge in [0.15, 0.2) is 0 Å². The molecule has 0 fully saturated rings. The average molecular weight is 605 g/mol. The molecule has 1 N–H and O–H groups in total. The normalized spacial score (nSPS) is 12.5. The van der Waals surface area contributed by atoms with Gasteiger partial charge in [-0.3, -0.25) is 13.9 Å². The second kappa shape index (κ2) is 12.6. The standard InChI is InChI=1S/C30H35Cl2N3O4S/c1-20-12-15-27(21(2)16-20)35(40(38,39)25-10-8-7-9-11-25)19-28(36)34(22(3)29(37)33-30(4,5)6)18-23-13-14-24(31)17-26(23)32/h7-17,22H,18-19H2,1-6H3,(H,33,37)/t22-/m1/s1. The van der Waals surface area contributed by atoms with Crippen molar-refractivity contribution in [1.29, 1.82) is 0 Å². The number of carbonyl (C=O) groups excluding carboxylic acids is 2. The van der Waals surface area contributed by atoms with Gasteiger partial charge < -0.3 is 10.2 Å². The maximum atomic E-state index is 14.0. The minimum atomic E-state index is -4.14. The number of amides is 2. The number of aryl methyl sites for hydroxylation is 2. The summed E-state index contributed by atoms with van der Waals surface area (Å²) in [6, 6.07) is 17.3. The van der Waals surface area contributed by atoms with Crippen LogP contribution in [0.3, 0.4) is 0 Å². The summed E-state index contributed by atoms with van der Waals surface area (Å²) in [5.74, 6) is -0.947. The molecule has 2 amide bonds. The Kier molecular flexibility index (Phi) is 9.93. The lowest BCUT2D eigenvalue weighted by Crippen LogP contribution is -2.54. The first-order valence-electron chi connectivity index (χ1n) is 12.8. The number of hydrogen-bond acceptors (Lipinski definition) is 4. The smallest absolute Gasteiger partial charge is 0.264 e. The van der Waals surface area contributed by atoms with Crippen molar-refractivity contribution in [2.45, 2.75) is 64.6 Å². The van der Waals surface area contributed by atoms with Crippen LogP contribution in [-0.4, -0.2) is 43.3 Å². The third-order valence-electron chi connectivity index (χ3n) is 6.25. The molecule has 214 valence electrons.